The zero-order valence-electron chi connectivity index (χ0n) is 18.3. The van der Waals surface area contributed by atoms with Crippen LogP contribution >= 0.6 is 11.5 Å². The molecule has 0 saturated carbocycles. The molecule has 168 valence electrons. The summed E-state index contributed by atoms with van der Waals surface area (Å²) >= 11 is 1.59. The van der Waals surface area contributed by atoms with Crippen molar-refractivity contribution in [2.75, 3.05) is 49.5 Å². The van der Waals surface area contributed by atoms with Crippen LogP contribution in [0.15, 0.2) is 48.5 Å². The molecule has 1 aliphatic rings. The highest BCUT2D eigenvalue weighted by Crippen LogP contribution is 2.31. The Morgan fingerprint density at radius 2 is 1.75 bits per heavy atom. The molecule has 32 heavy (non-hydrogen) atoms. The molecule has 0 radical (unpaired) electrons. The Hall–Kier alpha value is -2.97. The summed E-state index contributed by atoms with van der Waals surface area (Å²) in [5.41, 5.74) is 2.12. The van der Waals surface area contributed by atoms with Crippen molar-refractivity contribution in [2.45, 2.75) is 19.8 Å². The summed E-state index contributed by atoms with van der Waals surface area (Å²) in [6.45, 7) is 7.22. The molecule has 0 unspecified atom stereocenters. The van der Waals surface area contributed by atoms with E-state index in [1.165, 1.54) is 17.3 Å². The van der Waals surface area contributed by atoms with E-state index in [2.05, 4.69) is 43.0 Å². The summed E-state index contributed by atoms with van der Waals surface area (Å²) in [6.07, 6.45) is 1.96. The van der Waals surface area contributed by atoms with Gasteiger partial charge >= 0.3 is 0 Å². The summed E-state index contributed by atoms with van der Waals surface area (Å²) < 4.78 is 4.57. The third kappa shape index (κ3) is 5.44. The van der Waals surface area contributed by atoms with Gasteiger partial charge in [0.25, 0.3) is 5.91 Å². The number of unbranched alkanes of at least 4 members (excludes halogenated alkanes) is 1. The van der Waals surface area contributed by atoms with Crippen LogP contribution in [-0.4, -0.2) is 60.4 Å². The minimum atomic E-state index is -0.186. The molecule has 3 aromatic rings. The highest BCUT2D eigenvalue weighted by atomic mass is 32.1. The third-order valence-electron chi connectivity index (χ3n) is 5.69. The van der Waals surface area contributed by atoms with E-state index >= 15 is 0 Å². The van der Waals surface area contributed by atoms with Crippen molar-refractivity contribution < 1.29 is 9.59 Å². The topological polar surface area (TPSA) is 77.6 Å². The number of para-hydroxylation sites is 1. The molecular weight excluding hydrogens is 422 g/mol. The zero-order valence-corrected chi connectivity index (χ0v) is 19.2. The van der Waals surface area contributed by atoms with Crippen LogP contribution in [0.4, 0.5) is 10.7 Å². The van der Waals surface area contributed by atoms with E-state index in [0.717, 1.165) is 51.1 Å². The minimum absolute atomic E-state index is 0.153. The van der Waals surface area contributed by atoms with Crippen LogP contribution < -0.4 is 15.5 Å². The van der Waals surface area contributed by atoms with Gasteiger partial charge in [-0.1, -0.05) is 24.3 Å². The Labute approximate surface area is 192 Å². The third-order valence-corrected chi connectivity index (χ3v) is 6.63. The van der Waals surface area contributed by atoms with Crippen molar-refractivity contribution >= 4 is 44.9 Å². The lowest BCUT2D eigenvalue weighted by Crippen LogP contribution is -2.46. The smallest absolute Gasteiger partial charge is 0.253 e. The van der Waals surface area contributed by atoms with Crippen molar-refractivity contribution in [3.05, 3.63) is 54.1 Å². The summed E-state index contributed by atoms with van der Waals surface area (Å²) in [7, 11) is 0. The SMILES string of the molecule is CC(=O)Nc1ccccc1C(=O)NCCCCN1CCN(c2snc3ccccc23)CC1. The number of carbonyl (C=O) groups is 2. The van der Waals surface area contributed by atoms with E-state index in [-0.39, 0.29) is 11.8 Å². The van der Waals surface area contributed by atoms with E-state index in [4.69, 9.17) is 0 Å². The molecule has 8 heteroatoms. The zero-order chi connectivity index (χ0) is 22.3. The summed E-state index contributed by atoms with van der Waals surface area (Å²) in [6, 6.07) is 15.4. The molecule has 0 atom stereocenters. The van der Waals surface area contributed by atoms with Crippen molar-refractivity contribution in [2.24, 2.45) is 0 Å². The molecule has 2 N–H and O–H groups in total. The first-order chi connectivity index (χ1) is 15.6. The molecule has 2 amide bonds. The van der Waals surface area contributed by atoms with Crippen LogP contribution in [-0.2, 0) is 4.79 Å². The first-order valence-electron chi connectivity index (χ1n) is 11.1. The second-order valence-corrected chi connectivity index (χ2v) is 8.78. The summed E-state index contributed by atoms with van der Waals surface area (Å²) in [5.74, 6) is -0.339. The molecule has 1 saturated heterocycles. The predicted molar refractivity (Wildman–Crippen MR) is 131 cm³/mol. The fourth-order valence-electron chi connectivity index (χ4n) is 4.02. The maximum Gasteiger partial charge on any atom is 0.253 e. The van der Waals surface area contributed by atoms with E-state index in [9.17, 15) is 9.59 Å². The Kier molecular flexibility index (Phi) is 7.34. The van der Waals surface area contributed by atoms with Crippen LogP contribution in [0.5, 0.6) is 0 Å². The van der Waals surface area contributed by atoms with Crippen LogP contribution in [0.25, 0.3) is 10.9 Å². The number of nitrogens with zero attached hydrogens (tertiary/aromatic N) is 3. The number of anilines is 2. The summed E-state index contributed by atoms with van der Waals surface area (Å²) in [5, 5.41) is 8.21. The van der Waals surface area contributed by atoms with Crippen LogP contribution in [0.2, 0.25) is 0 Å². The lowest BCUT2D eigenvalue weighted by atomic mass is 10.1. The van der Waals surface area contributed by atoms with E-state index in [0.29, 0.717) is 17.8 Å². The van der Waals surface area contributed by atoms with Gasteiger partial charge in [-0.15, -0.1) is 0 Å². The fraction of sp³-hybridized carbons (Fsp3) is 0.375. The molecule has 2 aromatic carbocycles. The molecular formula is C24H29N5O2S. The number of carbonyl (C=O) groups excluding carboxylic acids is 2. The molecule has 0 spiro atoms. The Morgan fingerprint density at radius 1 is 1.00 bits per heavy atom. The van der Waals surface area contributed by atoms with Gasteiger partial charge < -0.3 is 15.5 Å². The number of aromatic nitrogens is 1. The van der Waals surface area contributed by atoms with Gasteiger partial charge in [0.1, 0.15) is 5.00 Å². The number of piperazine rings is 1. The van der Waals surface area contributed by atoms with Gasteiger partial charge in [0.15, 0.2) is 0 Å². The number of benzene rings is 2. The minimum Gasteiger partial charge on any atom is -0.359 e. The standard InChI is InChI=1S/C24H29N5O2S/c1-18(30)26-21-10-4-2-8-19(21)23(31)25-12-6-7-13-28-14-16-29(17-15-28)24-20-9-3-5-11-22(20)27-32-24/h2-5,8-11H,6-7,12-17H2,1H3,(H,25,31)(H,26,30). The number of hydrogen-bond acceptors (Lipinski definition) is 6. The molecule has 0 bridgehead atoms. The van der Waals surface area contributed by atoms with E-state index < -0.39 is 0 Å². The Morgan fingerprint density at radius 3 is 2.56 bits per heavy atom. The number of amides is 2. The molecule has 1 aliphatic heterocycles. The lowest BCUT2D eigenvalue weighted by Gasteiger charge is -2.35. The maximum absolute atomic E-state index is 12.5. The quantitative estimate of drug-likeness (QED) is 0.512. The van der Waals surface area contributed by atoms with Crippen molar-refractivity contribution in [1.29, 1.82) is 0 Å². The van der Waals surface area contributed by atoms with Crippen molar-refractivity contribution in [1.82, 2.24) is 14.6 Å². The molecule has 1 fully saturated rings. The number of fused-ring (bicyclic) bond motifs is 1. The van der Waals surface area contributed by atoms with Gasteiger partial charge in [-0.2, -0.15) is 4.37 Å². The number of hydrogen-bond donors (Lipinski definition) is 2. The van der Waals surface area contributed by atoms with Crippen LogP contribution in [0.3, 0.4) is 0 Å². The average molecular weight is 452 g/mol. The van der Waals surface area contributed by atoms with Gasteiger partial charge in [0, 0.05) is 45.0 Å². The highest BCUT2D eigenvalue weighted by molar-refractivity contribution is 7.11. The maximum atomic E-state index is 12.5. The van der Waals surface area contributed by atoms with Crippen LogP contribution in [0.1, 0.15) is 30.1 Å². The first-order valence-corrected chi connectivity index (χ1v) is 11.9. The second-order valence-electron chi connectivity index (χ2n) is 8.02. The molecule has 2 heterocycles. The first kappa shape index (κ1) is 22.2. The van der Waals surface area contributed by atoms with Crippen molar-refractivity contribution in [3.63, 3.8) is 0 Å². The molecule has 0 aliphatic carbocycles. The normalized spacial score (nSPS) is 14.5. The molecule has 1 aromatic heterocycles. The highest BCUT2D eigenvalue weighted by Gasteiger charge is 2.20. The predicted octanol–water partition coefficient (Wildman–Crippen LogP) is 3.59. The van der Waals surface area contributed by atoms with Gasteiger partial charge in [-0.05, 0) is 55.2 Å². The second kappa shape index (κ2) is 10.6. The van der Waals surface area contributed by atoms with Gasteiger partial charge in [-0.25, -0.2) is 0 Å². The van der Waals surface area contributed by atoms with E-state index in [1.54, 1.807) is 35.8 Å². The van der Waals surface area contributed by atoms with Gasteiger partial charge in [-0.3, -0.25) is 14.5 Å². The fourth-order valence-corrected chi connectivity index (χ4v) is 4.93. The Bertz CT molecular complexity index is 1070. The van der Waals surface area contributed by atoms with Crippen LogP contribution in [0, 0.1) is 0 Å². The monoisotopic (exact) mass is 451 g/mol. The van der Waals surface area contributed by atoms with E-state index in [1.807, 2.05) is 6.07 Å². The average Bonchev–Trinajstić information content (AvgIpc) is 3.23. The largest absolute Gasteiger partial charge is 0.359 e. The lowest BCUT2D eigenvalue weighted by molar-refractivity contribution is -0.114. The number of rotatable bonds is 8. The molecule has 4 rings (SSSR count). The number of nitrogens with one attached hydrogen (secondary N) is 2. The summed E-state index contributed by atoms with van der Waals surface area (Å²) in [4.78, 5) is 28.7. The molecule has 7 nitrogen and oxygen atoms in total. The van der Waals surface area contributed by atoms with Gasteiger partial charge in [0.05, 0.1) is 16.8 Å². The van der Waals surface area contributed by atoms with Gasteiger partial charge in [0.2, 0.25) is 5.91 Å². The Balaban J connectivity index is 1.17. The van der Waals surface area contributed by atoms with Crippen molar-refractivity contribution in [3.8, 4) is 0 Å².